The van der Waals surface area contributed by atoms with Crippen molar-refractivity contribution in [2.24, 2.45) is 0 Å². The maximum absolute atomic E-state index is 12.5. The van der Waals surface area contributed by atoms with Crippen LogP contribution < -0.4 is 0 Å². The Hall–Kier alpha value is -3.78. The van der Waals surface area contributed by atoms with Crippen LogP contribution in [0.1, 0.15) is 51.1 Å². The largest absolute Gasteiger partial charge is 0.493 e. The number of nitrogens with zero attached hydrogens (tertiary/aromatic N) is 1. The van der Waals surface area contributed by atoms with Gasteiger partial charge >= 0.3 is 0 Å². The molecule has 0 bridgehead atoms. The van der Waals surface area contributed by atoms with E-state index in [4.69, 9.17) is 18.9 Å². The van der Waals surface area contributed by atoms with Crippen LogP contribution in [0.4, 0.5) is 0 Å². The van der Waals surface area contributed by atoms with Gasteiger partial charge in [-0.2, -0.15) is 0 Å². The van der Waals surface area contributed by atoms with Crippen molar-refractivity contribution >= 4 is 11.8 Å². The molecule has 0 unspecified atom stereocenters. The van der Waals surface area contributed by atoms with Gasteiger partial charge in [0, 0.05) is 13.2 Å². The van der Waals surface area contributed by atoms with Gasteiger partial charge < -0.3 is 18.9 Å². The highest BCUT2D eigenvalue weighted by atomic mass is 16.6. The van der Waals surface area contributed by atoms with Crippen molar-refractivity contribution in [2.75, 3.05) is 19.8 Å². The summed E-state index contributed by atoms with van der Waals surface area (Å²) in [5, 5.41) is 0. The van der Waals surface area contributed by atoms with E-state index in [2.05, 4.69) is 0 Å². The minimum atomic E-state index is -0.331. The number of carbonyl (C=O) groups excluding carboxylic acids is 2. The van der Waals surface area contributed by atoms with Crippen LogP contribution in [0.15, 0.2) is 97.3 Å². The Kier molecular flexibility index (Phi) is 9.74. The molecule has 7 nitrogen and oxygen atoms in total. The van der Waals surface area contributed by atoms with Gasteiger partial charge in [-0.1, -0.05) is 72.8 Å². The molecule has 0 aromatic heterocycles. The zero-order valence-corrected chi connectivity index (χ0v) is 22.5. The number of ether oxygens (including phenoxy) is 4. The molecule has 0 fully saturated rings. The normalized spacial score (nSPS) is 20.0. The highest BCUT2D eigenvalue weighted by Gasteiger charge is 2.35. The molecule has 7 heteroatoms. The van der Waals surface area contributed by atoms with E-state index in [-0.39, 0.29) is 30.1 Å². The molecule has 2 amide bonds. The summed E-state index contributed by atoms with van der Waals surface area (Å²) in [4.78, 5) is 26.4. The van der Waals surface area contributed by atoms with Gasteiger partial charge in [-0.25, -0.2) is 0 Å². The molecule has 40 heavy (non-hydrogen) atoms. The Morgan fingerprint density at radius 1 is 0.700 bits per heavy atom. The summed E-state index contributed by atoms with van der Waals surface area (Å²) in [7, 11) is 0. The van der Waals surface area contributed by atoms with Gasteiger partial charge in [0.1, 0.15) is 18.3 Å². The number of hydrogen-bond donors (Lipinski definition) is 0. The minimum absolute atomic E-state index is 0.204. The third kappa shape index (κ3) is 7.04. The first kappa shape index (κ1) is 27.8. The predicted octanol–water partition coefficient (Wildman–Crippen LogP) is 5.55. The number of benzene rings is 3. The van der Waals surface area contributed by atoms with E-state index in [0.29, 0.717) is 44.1 Å². The van der Waals surface area contributed by atoms with Crippen LogP contribution >= 0.6 is 0 Å². The third-order valence-electron chi connectivity index (χ3n) is 7.11. The van der Waals surface area contributed by atoms with Crippen LogP contribution in [0.25, 0.3) is 0 Å². The first-order valence-corrected chi connectivity index (χ1v) is 13.9. The first-order valence-electron chi connectivity index (χ1n) is 13.9. The lowest BCUT2D eigenvalue weighted by Crippen LogP contribution is -2.45. The molecule has 0 N–H and O–H groups in total. The van der Waals surface area contributed by atoms with Crippen molar-refractivity contribution < 1.29 is 28.5 Å². The Morgan fingerprint density at radius 2 is 1.30 bits per heavy atom. The smallest absolute Gasteiger partial charge is 0.261 e. The van der Waals surface area contributed by atoms with Gasteiger partial charge in [-0.05, 0) is 48.6 Å². The molecule has 3 aromatic rings. The maximum Gasteiger partial charge on any atom is 0.261 e. The summed E-state index contributed by atoms with van der Waals surface area (Å²) < 4.78 is 24.5. The lowest BCUT2D eigenvalue weighted by atomic mass is 10.1. The van der Waals surface area contributed by atoms with E-state index in [1.54, 1.807) is 30.5 Å². The number of hydrogen-bond acceptors (Lipinski definition) is 6. The third-order valence-corrected chi connectivity index (χ3v) is 7.11. The number of rotatable bonds is 14. The zero-order chi connectivity index (χ0) is 27.6. The summed E-state index contributed by atoms with van der Waals surface area (Å²) in [6, 6.07) is 27.1. The van der Waals surface area contributed by atoms with E-state index in [1.807, 2.05) is 66.7 Å². The molecule has 208 valence electrons. The second-order valence-electron chi connectivity index (χ2n) is 9.97. The van der Waals surface area contributed by atoms with Crippen LogP contribution in [0.2, 0.25) is 0 Å². The van der Waals surface area contributed by atoms with Gasteiger partial charge in [0.2, 0.25) is 0 Å². The molecule has 0 saturated heterocycles. The van der Waals surface area contributed by atoms with E-state index in [9.17, 15) is 9.59 Å². The van der Waals surface area contributed by atoms with Gasteiger partial charge in [0.15, 0.2) is 0 Å². The van der Waals surface area contributed by atoms with Crippen LogP contribution in [-0.2, 0) is 32.2 Å². The molecule has 0 spiro atoms. The number of unbranched alkanes of at least 4 members (excludes halogenated alkanes) is 2. The monoisotopic (exact) mass is 541 g/mol. The van der Waals surface area contributed by atoms with E-state index in [0.717, 1.165) is 30.4 Å². The number of carbonyl (C=O) groups is 2. The fourth-order valence-electron chi connectivity index (χ4n) is 4.93. The fourth-order valence-corrected chi connectivity index (χ4v) is 4.93. The molecule has 0 aliphatic carbocycles. The van der Waals surface area contributed by atoms with Crippen LogP contribution in [0.3, 0.4) is 0 Å². The minimum Gasteiger partial charge on any atom is -0.493 e. The summed E-state index contributed by atoms with van der Waals surface area (Å²) in [6.07, 6.45) is 5.05. The van der Waals surface area contributed by atoms with Crippen molar-refractivity contribution in [2.45, 2.75) is 50.8 Å². The SMILES string of the molecule is O=C1c2ccccc2C(=O)N1CCCCCOC[C@H]1OC=C[C@@H](OCc2ccccc2)[C@@H]1OCc1ccccc1. The second kappa shape index (κ2) is 14.0. The Bertz CT molecular complexity index is 1240. The molecule has 0 saturated carbocycles. The molecule has 5 rings (SSSR count). The van der Waals surface area contributed by atoms with Gasteiger partial charge in [0.25, 0.3) is 11.8 Å². The van der Waals surface area contributed by atoms with Crippen LogP contribution in [-0.4, -0.2) is 54.8 Å². The number of amides is 2. The Morgan fingerprint density at radius 3 is 1.95 bits per heavy atom. The zero-order valence-electron chi connectivity index (χ0n) is 22.5. The maximum atomic E-state index is 12.5. The van der Waals surface area contributed by atoms with Gasteiger partial charge in [-0.3, -0.25) is 14.5 Å². The molecular weight excluding hydrogens is 506 g/mol. The average Bonchev–Trinajstić information content (AvgIpc) is 3.24. The van der Waals surface area contributed by atoms with Crippen LogP contribution in [0.5, 0.6) is 0 Å². The molecule has 3 aromatic carbocycles. The van der Waals surface area contributed by atoms with Crippen molar-refractivity contribution in [1.29, 1.82) is 0 Å². The lowest BCUT2D eigenvalue weighted by Gasteiger charge is -2.34. The standard InChI is InChI=1S/C33H35NO6/c35-32-27-16-8-9-17-28(27)33(36)34(32)19-10-3-11-20-37-24-30-31(40-23-26-14-6-2-7-15-26)29(18-21-38-30)39-22-25-12-4-1-5-13-25/h1-2,4-9,12-18,21,29-31H,3,10-11,19-20,22-24H2/t29-,30-,31+/m1/s1. The van der Waals surface area contributed by atoms with Crippen molar-refractivity contribution in [3.8, 4) is 0 Å². The predicted molar refractivity (Wildman–Crippen MR) is 151 cm³/mol. The second-order valence-corrected chi connectivity index (χ2v) is 9.97. The van der Waals surface area contributed by atoms with E-state index in [1.165, 1.54) is 4.90 Å². The van der Waals surface area contributed by atoms with Gasteiger partial charge in [0.05, 0.1) is 37.2 Å². The lowest BCUT2D eigenvalue weighted by molar-refractivity contribution is -0.146. The van der Waals surface area contributed by atoms with Gasteiger partial charge in [-0.15, -0.1) is 0 Å². The molecule has 2 aliphatic heterocycles. The topological polar surface area (TPSA) is 74.3 Å². The Labute approximate surface area is 235 Å². The summed E-state index contributed by atoms with van der Waals surface area (Å²) in [6.45, 7) is 2.25. The van der Waals surface area contributed by atoms with Crippen molar-refractivity contribution in [1.82, 2.24) is 4.90 Å². The summed E-state index contributed by atoms with van der Waals surface area (Å²) >= 11 is 0. The Balaban J connectivity index is 1.07. The number of fused-ring (bicyclic) bond motifs is 1. The first-order chi connectivity index (χ1) is 19.7. The highest BCUT2D eigenvalue weighted by Crippen LogP contribution is 2.24. The summed E-state index contributed by atoms with van der Waals surface area (Å²) in [5.41, 5.74) is 3.16. The molecule has 2 aliphatic rings. The van der Waals surface area contributed by atoms with E-state index >= 15 is 0 Å². The van der Waals surface area contributed by atoms with Crippen LogP contribution in [0, 0.1) is 0 Å². The molecule has 3 atom stereocenters. The van der Waals surface area contributed by atoms with Crippen molar-refractivity contribution in [3.05, 3.63) is 120 Å². The quantitative estimate of drug-likeness (QED) is 0.197. The average molecular weight is 542 g/mol. The van der Waals surface area contributed by atoms with Crippen molar-refractivity contribution in [3.63, 3.8) is 0 Å². The fraction of sp³-hybridized carbons (Fsp3) is 0.333. The summed E-state index contributed by atoms with van der Waals surface area (Å²) in [5.74, 6) is -0.408. The molecular formula is C33H35NO6. The van der Waals surface area contributed by atoms with E-state index < -0.39 is 0 Å². The highest BCUT2D eigenvalue weighted by molar-refractivity contribution is 6.21. The number of imide groups is 1. The molecule has 0 radical (unpaired) electrons. The molecule has 2 heterocycles.